The maximum atomic E-state index is 11.8. The van der Waals surface area contributed by atoms with Gasteiger partial charge in [-0.3, -0.25) is 4.79 Å². The van der Waals surface area contributed by atoms with E-state index in [1.165, 1.54) is 0 Å². The minimum Gasteiger partial charge on any atom is -0.492 e. The summed E-state index contributed by atoms with van der Waals surface area (Å²) in [7, 11) is 0. The van der Waals surface area contributed by atoms with Crippen molar-refractivity contribution in [2.75, 3.05) is 19.7 Å². The second-order valence-electron chi connectivity index (χ2n) is 5.00. The van der Waals surface area contributed by atoms with E-state index in [4.69, 9.17) is 4.74 Å². The van der Waals surface area contributed by atoms with E-state index in [-0.39, 0.29) is 5.91 Å². The summed E-state index contributed by atoms with van der Waals surface area (Å²) in [6, 6.07) is 7.77. The fourth-order valence-corrected chi connectivity index (χ4v) is 2.88. The van der Waals surface area contributed by atoms with Crippen LogP contribution < -0.4 is 4.74 Å². The molecule has 0 aliphatic carbocycles. The van der Waals surface area contributed by atoms with E-state index in [0.717, 1.165) is 29.6 Å². The Labute approximate surface area is 123 Å². The number of carbonyl (C=O) groups is 1. The minimum atomic E-state index is 0.274. The van der Waals surface area contributed by atoms with Crippen LogP contribution in [0.2, 0.25) is 0 Å². The zero-order chi connectivity index (χ0) is 13.7. The second kappa shape index (κ2) is 6.94. The van der Waals surface area contributed by atoms with Gasteiger partial charge >= 0.3 is 0 Å². The predicted molar refractivity (Wildman–Crippen MR) is 79.2 cm³/mol. The summed E-state index contributed by atoms with van der Waals surface area (Å²) in [6.07, 6.45) is 3.01. The summed E-state index contributed by atoms with van der Waals surface area (Å²) in [6.45, 7) is 4.31. The van der Waals surface area contributed by atoms with Crippen LogP contribution in [0.4, 0.5) is 0 Å². The molecule has 1 unspecified atom stereocenters. The van der Waals surface area contributed by atoms with Crippen LogP contribution in [-0.4, -0.2) is 30.5 Å². The van der Waals surface area contributed by atoms with Gasteiger partial charge in [-0.25, -0.2) is 0 Å². The van der Waals surface area contributed by atoms with E-state index >= 15 is 0 Å². The van der Waals surface area contributed by atoms with Crippen LogP contribution in [0.5, 0.6) is 5.75 Å². The molecular weight excluding hydrogens is 306 g/mol. The summed E-state index contributed by atoms with van der Waals surface area (Å²) in [4.78, 5) is 13.7. The molecule has 1 aromatic rings. The maximum Gasteiger partial charge on any atom is 0.223 e. The third-order valence-corrected chi connectivity index (χ3v) is 3.91. The van der Waals surface area contributed by atoms with Crippen LogP contribution in [0.25, 0.3) is 0 Å². The van der Waals surface area contributed by atoms with Crippen molar-refractivity contribution in [1.82, 2.24) is 4.90 Å². The molecule has 104 valence electrons. The summed E-state index contributed by atoms with van der Waals surface area (Å²) in [5.41, 5.74) is 0. The number of likely N-dealkylation sites (tertiary alicyclic amines) is 1. The number of rotatable bonds is 6. The highest BCUT2D eigenvalue weighted by molar-refractivity contribution is 9.10. The molecule has 0 aromatic heterocycles. The third-order valence-electron chi connectivity index (χ3n) is 3.42. The lowest BCUT2D eigenvalue weighted by atomic mass is 10.0. The molecule has 1 fully saturated rings. The van der Waals surface area contributed by atoms with Crippen LogP contribution in [-0.2, 0) is 4.79 Å². The largest absolute Gasteiger partial charge is 0.492 e. The minimum absolute atomic E-state index is 0.274. The van der Waals surface area contributed by atoms with Crippen molar-refractivity contribution < 1.29 is 9.53 Å². The first-order chi connectivity index (χ1) is 9.19. The summed E-state index contributed by atoms with van der Waals surface area (Å²) in [5.74, 6) is 1.66. The Balaban J connectivity index is 1.75. The first-order valence-electron chi connectivity index (χ1n) is 6.85. The molecular formula is C15H20BrNO2. The van der Waals surface area contributed by atoms with E-state index in [9.17, 15) is 4.79 Å². The van der Waals surface area contributed by atoms with E-state index in [0.29, 0.717) is 25.5 Å². The number of benzene rings is 1. The van der Waals surface area contributed by atoms with Crippen LogP contribution >= 0.6 is 15.9 Å². The molecule has 0 spiro atoms. The number of ether oxygens (including phenoxy) is 1. The molecule has 0 saturated carbocycles. The topological polar surface area (TPSA) is 29.5 Å². The molecule has 1 aliphatic rings. The van der Waals surface area contributed by atoms with Gasteiger partial charge in [-0.1, -0.05) is 35.3 Å². The molecule has 0 radical (unpaired) electrons. The number of carbonyl (C=O) groups excluding carboxylic acids is 1. The fourth-order valence-electron chi connectivity index (χ4n) is 2.50. The van der Waals surface area contributed by atoms with Crippen molar-refractivity contribution in [3.8, 4) is 5.75 Å². The molecule has 1 aliphatic heterocycles. The average molecular weight is 326 g/mol. The van der Waals surface area contributed by atoms with Gasteiger partial charge in [0.1, 0.15) is 12.4 Å². The molecule has 3 nitrogen and oxygen atoms in total. The lowest BCUT2D eigenvalue weighted by molar-refractivity contribution is -0.128. The van der Waals surface area contributed by atoms with E-state index in [2.05, 4.69) is 22.9 Å². The molecule has 0 N–H and O–H groups in total. The quantitative estimate of drug-likeness (QED) is 0.801. The number of nitrogens with zero attached hydrogens (tertiary/aromatic N) is 1. The van der Waals surface area contributed by atoms with Gasteiger partial charge in [-0.2, -0.15) is 0 Å². The van der Waals surface area contributed by atoms with Crippen molar-refractivity contribution in [2.45, 2.75) is 26.2 Å². The monoisotopic (exact) mass is 325 g/mol. The standard InChI is InChI=1S/C15H20BrNO2/c1-2-4-12-9-15(18)17(11-12)7-8-19-14-6-3-5-13(16)10-14/h3,5-6,10,12H,2,4,7-9,11H2,1H3. The smallest absolute Gasteiger partial charge is 0.223 e. The van der Waals surface area contributed by atoms with Gasteiger partial charge in [0.2, 0.25) is 5.91 Å². The molecule has 1 saturated heterocycles. The average Bonchev–Trinajstić information content (AvgIpc) is 2.71. The number of halogens is 1. The van der Waals surface area contributed by atoms with Crippen molar-refractivity contribution in [1.29, 1.82) is 0 Å². The Kier molecular flexibility index (Phi) is 5.25. The Bertz CT molecular complexity index is 436. The van der Waals surface area contributed by atoms with Crippen LogP contribution in [0.15, 0.2) is 28.7 Å². The molecule has 2 rings (SSSR count). The normalized spacial score (nSPS) is 18.9. The number of hydrogen-bond acceptors (Lipinski definition) is 2. The zero-order valence-electron chi connectivity index (χ0n) is 11.3. The van der Waals surface area contributed by atoms with Crippen molar-refractivity contribution >= 4 is 21.8 Å². The van der Waals surface area contributed by atoms with Crippen molar-refractivity contribution in [2.24, 2.45) is 5.92 Å². The van der Waals surface area contributed by atoms with Crippen molar-refractivity contribution in [3.63, 3.8) is 0 Å². The van der Waals surface area contributed by atoms with Gasteiger partial charge in [-0.15, -0.1) is 0 Å². The SMILES string of the molecule is CCCC1CC(=O)N(CCOc2cccc(Br)c2)C1. The van der Waals surface area contributed by atoms with Crippen LogP contribution in [0.1, 0.15) is 26.2 Å². The van der Waals surface area contributed by atoms with Crippen LogP contribution in [0.3, 0.4) is 0 Å². The lowest BCUT2D eigenvalue weighted by Crippen LogP contribution is -2.29. The number of hydrogen-bond donors (Lipinski definition) is 0. The predicted octanol–water partition coefficient (Wildman–Crippen LogP) is 3.48. The van der Waals surface area contributed by atoms with E-state index in [1.807, 2.05) is 29.2 Å². The van der Waals surface area contributed by atoms with Gasteiger partial charge in [0.15, 0.2) is 0 Å². The molecule has 19 heavy (non-hydrogen) atoms. The second-order valence-corrected chi connectivity index (χ2v) is 5.92. The van der Waals surface area contributed by atoms with Gasteiger partial charge in [0.25, 0.3) is 0 Å². The van der Waals surface area contributed by atoms with Crippen LogP contribution in [0, 0.1) is 5.92 Å². The molecule has 0 bridgehead atoms. The fraction of sp³-hybridized carbons (Fsp3) is 0.533. The lowest BCUT2D eigenvalue weighted by Gasteiger charge is -2.17. The third kappa shape index (κ3) is 4.23. The first-order valence-corrected chi connectivity index (χ1v) is 7.64. The molecule has 1 atom stereocenters. The van der Waals surface area contributed by atoms with Crippen molar-refractivity contribution in [3.05, 3.63) is 28.7 Å². The maximum absolute atomic E-state index is 11.8. The Morgan fingerprint density at radius 1 is 1.47 bits per heavy atom. The summed E-state index contributed by atoms with van der Waals surface area (Å²) in [5, 5.41) is 0. The summed E-state index contributed by atoms with van der Waals surface area (Å²) < 4.78 is 6.67. The van der Waals surface area contributed by atoms with E-state index in [1.54, 1.807) is 0 Å². The Morgan fingerprint density at radius 2 is 2.32 bits per heavy atom. The van der Waals surface area contributed by atoms with Gasteiger partial charge in [-0.05, 0) is 30.5 Å². The highest BCUT2D eigenvalue weighted by atomic mass is 79.9. The molecule has 1 aromatic carbocycles. The molecule has 1 heterocycles. The summed E-state index contributed by atoms with van der Waals surface area (Å²) >= 11 is 3.41. The van der Waals surface area contributed by atoms with Gasteiger partial charge in [0.05, 0.1) is 6.54 Å². The van der Waals surface area contributed by atoms with E-state index < -0.39 is 0 Å². The molecule has 4 heteroatoms. The Morgan fingerprint density at radius 3 is 3.05 bits per heavy atom. The highest BCUT2D eigenvalue weighted by Gasteiger charge is 2.28. The number of amides is 1. The first kappa shape index (κ1) is 14.4. The van der Waals surface area contributed by atoms with Gasteiger partial charge < -0.3 is 9.64 Å². The highest BCUT2D eigenvalue weighted by Crippen LogP contribution is 2.22. The zero-order valence-corrected chi connectivity index (χ0v) is 12.9. The molecule has 1 amide bonds. The van der Waals surface area contributed by atoms with Gasteiger partial charge in [0, 0.05) is 17.4 Å². The Hall–Kier alpha value is -1.03.